The summed E-state index contributed by atoms with van der Waals surface area (Å²) in [5, 5.41) is 6.62. The molecule has 8 heteroatoms. The molecule has 29 heavy (non-hydrogen) atoms. The van der Waals surface area contributed by atoms with Gasteiger partial charge >= 0.3 is 0 Å². The Morgan fingerprint density at radius 2 is 2.10 bits per heavy atom. The van der Waals surface area contributed by atoms with Gasteiger partial charge in [-0.1, -0.05) is 12.1 Å². The molecule has 1 amide bonds. The summed E-state index contributed by atoms with van der Waals surface area (Å²) in [5.74, 6) is 0.994. The molecule has 0 spiro atoms. The number of carbonyl (C=O) groups is 1. The van der Waals surface area contributed by atoms with Gasteiger partial charge in [-0.2, -0.15) is 0 Å². The lowest BCUT2D eigenvalue weighted by Crippen LogP contribution is -2.37. The Labute approximate surface area is 190 Å². The third-order valence-corrected chi connectivity index (χ3v) is 5.09. The molecule has 0 saturated carbocycles. The van der Waals surface area contributed by atoms with E-state index in [1.165, 1.54) is 0 Å². The van der Waals surface area contributed by atoms with Crippen LogP contribution in [0.3, 0.4) is 0 Å². The van der Waals surface area contributed by atoms with Gasteiger partial charge in [-0.3, -0.25) is 9.79 Å². The molecule has 1 unspecified atom stereocenters. The molecule has 3 rings (SSSR count). The molecule has 162 valence electrons. The predicted molar refractivity (Wildman–Crippen MR) is 126 cm³/mol. The van der Waals surface area contributed by atoms with Crippen LogP contribution in [0.5, 0.6) is 0 Å². The summed E-state index contributed by atoms with van der Waals surface area (Å²) in [5.41, 5.74) is 2.13. The number of halogens is 1. The van der Waals surface area contributed by atoms with Gasteiger partial charge in [0.2, 0.25) is 5.91 Å². The molecular weight excluding hydrogens is 483 g/mol. The summed E-state index contributed by atoms with van der Waals surface area (Å²) < 4.78 is 11.2. The molecule has 1 atom stereocenters. The summed E-state index contributed by atoms with van der Waals surface area (Å²) in [6.45, 7) is 4.61. The predicted octanol–water partition coefficient (Wildman–Crippen LogP) is 2.68. The number of nitrogens with one attached hydrogen (secondary N) is 2. The minimum absolute atomic E-state index is 0. The van der Waals surface area contributed by atoms with E-state index in [0.29, 0.717) is 19.6 Å². The molecule has 2 N–H and O–H groups in total. The van der Waals surface area contributed by atoms with Crippen LogP contribution in [0.2, 0.25) is 0 Å². The fourth-order valence-corrected chi connectivity index (χ4v) is 3.49. The van der Waals surface area contributed by atoms with Crippen LogP contribution in [0.25, 0.3) is 0 Å². The van der Waals surface area contributed by atoms with Gasteiger partial charge in [-0.15, -0.1) is 24.0 Å². The largest absolute Gasteiger partial charge is 0.379 e. The summed E-state index contributed by atoms with van der Waals surface area (Å²) in [6, 6.07) is 8.14. The van der Waals surface area contributed by atoms with Crippen LogP contribution in [0.4, 0.5) is 5.69 Å². The minimum atomic E-state index is 0. The van der Waals surface area contributed by atoms with Gasteiger partial charge in [0.25, 0.3) is 0 Å². The Morgan fingerprint density at radius 3 is 2.76 bits per heavy atom. The molecule has 2 heterocycles. The summed E-state index contributed by atoms with van der Waals surface area (Å²) in [7, 11) is 1.77. The van der Waals surface area contributed by atoms with Gasteiger partial charge in [0.15, 0.2) is 5.96 Å². The molecule has 0 bridgehead atoms. The molecule has 2 aliphatic rings. The standard InChI is InChI=1S/C21H32N4O3.HI/c1-22-21(23-11-4-13-27-16-19-5-3-14-28-19)24-15-17-7-9-18(10-8-17)25-12-2-6-20(25)26;/h7-10,19H,2-6,11-16H2,1H3,(H2,22,23,24);1H. The molecule has 2 fully saturated rings. The highest BCUT2D eigenvalue weighted by Gasteiger charge is 2.21. The van der Waals surface area contributed by atoms with Crippen LogP contribution >= 0.6 is 24.0 Å². The fourth-order valence-electron chi connectivity index (χ4n) is 3.49. The highest BCUT2D eigenvalue weighted by atomic mass is 127. The number of benzene rings is 1. The molecule has 2 saturated heterocycles. The van der Waals surface area contributed by atoms with E-state index in [1.54, 1.807) is 7.05 Å². The summed E-state index contributed by atoms with van der Waals surface area (Å²) in [6.07, 6.45) is 5.08. The molecule has 1 aromatic carbocycles. The number of hydrogen-bond acceptors (Lipinski definition) is 4. The number of ether oxygens (including phenoxy) is 2. The highest BCUT2D eigenvalue weighted by molar-refractivity contribution is 14.0. The summed E-state index contributed by atoms with van der Waals surface area (Å²) >= 11 is 0. The van der Waals surface area contributed by atoms with Crippen molar-refractivity contribution in [2.24, 2.45) is 4.99 Å². The van der Waals surface area contributed by atoms with E-state index in [0.717, 1.165) is 69.2 Å². The van der Waals surface area contributed by atoms with Gasteiger partial charge in [-0.05, 0) is 43.4 Å². The maximum atomic E-state index is 11.8. The first-order valence-corrected chi connectivity index (χ1v) is 10.3. The molecule has 2 aliphatic heterocycles. The van der Waals surface area contributed by atoms with Crippen molar-refractivity contribution in [3.8, 4) is 0 Å². The van der Waals surface area contributed by atoms with Crippen LogP contribution in [-0.2, 0) is 20.8 Å². The van der Waals surface area contributed by atoms with Crippen LogP contribution < -0.4 is 15.5 Å². The van der Waals surface area contributed by atoms with Gasteiger partial charge in [0.05, 0.1) is 12.7 Å². The average Bonchev–Trinajstić information content (AvgIpc) is 3.39. The molecular formula is C21H33IN4O3. The number of aliphatic imine (C=N–C) groups is 1. The zero-order valence-electron chi connectivity index (χ0n) is 17.2. The minimum Gasteiger partial charge on any atom is -0.379 e. The lowest BCUT2D eigenvalue weighted by atomic mass is 10.2. The van der Waals surface area contributed by atoms with Crippen LogP contribution in [0.1, 0.15) is 37.7 Å². The van der Waals surface area contributed by atoms with Crippen molar-refractivity contribution in [1.82, 2.24) is 10.6 Å². The van der Waals surface area contributed by atoms with Crippen molar-refractivity contribution in [2.75, 3.05) is 44.9 Å². The van der Waals surface area contributed by atoms with Crippen molar-refractivity contribution in [1.29, 1.82) is 0 Å². The van der Waals surface area contributed by atoms with Crippen LogP contribution in [0.15, 0.2) is 29.3 Å². The van der Waals surface area contributed by atoms with E-state index in [-0.39, 0.29) is 36.0 Å². The van der Waals surface area contributed by atoms with Gasteiger partial charge in [-0.25, -0.2) is 0 Å². The Balaban J connectivity index is 0.00000300. The van der Waals surface area contributed by atoms with Gasteiger partial charge in [0, 0.05) is 52.0 Å². The SMILES string of the molecule is CN=C(NCCCOCC1CCCO1)NCc1ccc(N2CCCC2=O)cc1.I. The molecule has 0 radical (unpaired) electrons. The maximum absolute atomic E-state index is 11.8. The average molecular weight is 516 g/mol. The van der Waals surface area contributed by atoms with Crippen molar-refractivity contribution in [3.05, 3.63) is 29.8 Å². The molecule has 0 aromatic heterocycles. The van der Waals surface area contributed by atoms with Crippen molar-refractivity contribution >= 4 is 41.5 Å². The first-order valence-electron chi connectivity index (χ1n) is 10.3. The molecule has 1 aromatic rings. The van der Waals surface area contributed by atoms with Crippen LogP contribution in [-0.4, -0.2) is 57.9 Å². The van der Waals surface area contributed by atoms with Gasteiger partial charge < -0.3 is 25.0 Å². The van der Waals surface area contributed by atoms with E-state index in [2.05, 4.69) is 27.8 Å². The Morgan fingerprint density at radius 1 is 1.28 bits per heavy atom. The number of nitrogens with zero attached hydrogens (tertiary/aromatic N) is 2. The third-order valence-electron chi connectivity index (χ3n) is 5.09. The highest BCUT2D eigenvalue weighted by Crippen LogP contribution is 2.21. The van der Waals surface area contributed by atoms with Crippen LogP contribution in [0, 0.1) is 0 Å². The Bertz CT molecular complexity index is 648. The Hall–Kier alpha value is -1.39. The van der Waals surface area contributed by atoms with Crippen molar-refractivity contribution in [3.63, 3.8) is 0 Å². The Kier molecular flexibility index (Phi) is 10.7. The first-order chi connectivity index (χ1) is 13.8. The van der Waals surface area contributed by atoms with E-state index < -0.39 is 0 Å². The monoisotopic (exact) mass is 516 g/mol. The number of guanidine groups is 1. The van der Waals surface area contributed by atoms with Crippen molar-refractivity contribution in [2.45, 2.75) is 44.8 Å². The third kappa shape index (κ3) is 7.75. The topological polar surface area (TPSA) is 75.2 Å². The smallest absolute Gasteiger partial charge is 0.227 e. The van der Waals surface area contributed by atoms with E-state index in [9.17, 15) is 4.79 Å². The zero-order valence-corrected chi connectivity index (χ0v) is 19.5. The number of anilines is 1. The van der Waals surface area contributed by atoms with E-state index in [4.69, 9.17) is 9.47 Å². The molecule has 7 nitrogen and oxygen atoms in total. The van der Waals surface area contributed by atoms with Gasteiger partial charge in [0.1, 0.15) is 0 Å². The quantitative estimate of drug-likeness (QED) is 0.229. The first kappa shape index (κ1) is 23.9. The van der Waals surface area contributed by atoms with Crippen molar-refractivity contribution < 1.29 is 14.3 Å². The number of rotatable bonds is 9. The summed E-state index contributed by atoms with van der Waals surface area (Å²) in [4.78, 5) is 17.9. The van der Waals surface area contributed by atoms with E-state index in [1.807, 2.05) is 17.0 Å². The molecule has 0 aliphatic carbocycles. The number of carbonyl (C=O) groups excluding carboxylic acids is 1. The second-order valence-electron chi connectivity index (χ2n) is 7.23. The lowest BCUT2D eigenvalue weighted by molar-refractivity contribution is -0.117. The zero-order chi connectivity index (χ0) is 19.6. The maximum Gasteiger partial charge on any atom is 0.227 e. The van der Waals surface area contributed by atoms with E-state index >= 15 is 0 Å². The number of hydrogen-bond donors (Lipinski definition) is 2. The number of amides is 1. The fraction of sp³-hybridized carbons (Fsp3) is 0.619. The lowest BCUT2D eigenvalue weighted by Gasteiger charge is -2.16. The second kappa shape index (κ2) is 13.0. The second-order valence-corrected chi connectivity index (χ2v) is 7.23. The normalized spacial score (nSPS) is 19.3.